The Morgan fingerprint density at radius 2 is 2.08 bits per heavy atom. The summed E-state index contributed by atoms with van der Waals surface area (Å²) in [5.74, 6) is 0.592. The number of methoxy groups -OCH3 is 2. The van der Waals surface area contributed by atoms with Crippen molar-refractivity contribution in [1.82, 2.24) is 10.2 Å². The van der Waals surface area contributed by atoms with Gasteiger partial charge in [-0.15, -0.1) is 10.2 Å². The zero-order valence-corrected chi connectivity index (χ0v) is 6.81. The van der Waals surface area contributed by atoms with Gasteiger partial charge in [0.05, 0.1) is 14.2 Å². The molecule has 0 saturated heterocycles. The molecular formula is C6H8BN2O3. The molecule has 1 aromatic heterocycles. The van der Waals surface area contributed by atoms with E-state index in [2.05, 4.69) is 10.2 Å². The van der Waals surface area contributed by atoms with Crippen molar-refractivity contribution < 1.29 is 14.5 Å². The first-order chi connectivity index (χ1) is 5.81. The van der Waals surface area contributed by atoms with E-state index >= 15 is 0 Å². The molecule has 0 aliphatic rings. The summed E-state index contributed by atoms with van der Waals surface area (Å²) >= 11 is 0. The van der Waals surface area contributed by atoms with E-state index in [1.165, 1.54) is 20.3 Å². The summed E-state index contributed by atoms with van der Waals surface area (Å²) in [4.78, 5) is 0. The van der Waals surface area contributed by atoms with Gasteiger partial charge in [0, 0.05) is 11.5 Å². The molecule has 0 amide bonds. The van der Waals surface area contributed by atoms with Crippen molar-refractivity contribution in [1.29, 1.82) is 0 Å². The van der Waals surface area contributed by atoms with E-state index in [0.717, 1.165) is 7.48 Å². The summed E-state index contributed by atoms with van der Waals surface area (Å²) in [6.45, 7) is 0. The smallest absolute Gasteiger partial charge is 0.332 e. The Labute approximate surface area is 70.6 Å². The maximum Gasteiger partial charge on any atom is 0.332 e. The van der Waals surface area contributed by atoms with Crippen LogP contribution in [0.25, 0.3) is 0 Å². The first-order valence-electron chi connectivity index (χ1n) is 3.25. The van der Waals surface area contributed by atoms with Crippen molar-refractivity contribution in [2.24, 2.45) is 0 Å². The van der Waals surface area contributed by atoms with Crippen molar-refractivity contribution in [3.63, 3.8) is 0 Å². The standard InChI is InChI=1S/C6H8BN2O3/c1-11-5-3-4(7-10)6(12-2)9-8-5/h3,10H,1-2H3. The van der Waals surface area contributed by atoms with Crippen LogP contribution in [0, 0.1) is 0 Å². The third-order valence-corrected chi connectivity index (χ3v) is 1.31. The predicted molar refractivity (Wildman–Crippen MR) is 42.7 cm³/mol. The van der Waals surface area contributed by atoms with Crippen LogP contribution in [-0.2, 0) is 0 Å². The summed E-state index contributed by atoms with van der Waals surface area (Å²) in [6, 6.07) is 1.52. The van der Waals surface area contributed by atoms with Gasteiger partial charge in [-0.1, -0.05) is 0 Å². The number of hydrogen-bond donors (Lipinski definition) is 1. The van der Waals surface area contributed by atoms with E-state index in [1.807, 2.05) is 0 Å². The predicted octanol–water partition coefficient (Wildman–Crippen LogP) is -1.27. The molecule has 63 valence electrons. The molecule has 6 heteroatoms. The van der Waals surface area contributed by atoms with Crippen molar-refractivity contribution in [3.05, 3.63) is 6.07 Å². The van der Waals surface area contributed by atoms with Gasteiger partial charge < -0.3 is 14.5 Å². The highest BCUT2D eigenvalue weighted by molar-refractivity contribution is 6.46. The van der Waals surface area contributed by atoms with Crippen LogP contribution in [0.4, 0.5) is 0 Å². The van der Waals surface area contributed by atoms with Gasteiger partial charge in [-0.2, -0.15) is 0 Å². The molecule has 1 N–H and O–H groups in total. The number of ether oxygens (including phenoxy) is 2. The minimum absolute atomic E-state index is 0.262. The van der Waals surface area contributed by atoms with Gasteiger partial charge in [-0.3, -0.25) is 0 Å². The van der Waals surface area contributed by atoms with Crippen LogP contribution in [0.2, 0.25) is 0 Å². The van der Waals surface area contributed by atoms with Crippen LogP contribution in [0.3, 0.4) is 0 Å². The van der Waals surface area contributed by atoms with Gasteiger partial charge in [0.2, 0.25) is 11.8 Å². The summed E-state index contributed by atoms with van der Waals surface area (Å²) in [5, 5.41) is 16.0. The minimum Gasteiger partial charge on any atom is -0.480 e. The van der Waals surface area contributed by atoms with Gasteiger partial charge in [-0.25, -0.2) is 0 Å². The number of hydrogen-bond acceptors (Lipinski definition) is 5. The maximum atomic E-state index is 8.74. The maximum absolute atomic E-state index is 8.74. The molecule has 1 radical (unpaired) electrons. The third kappa shape index (κ3) is 1.65. The zero-order valence-electron chi connectivity index (χ0n) is 6.81. The van der Waals surface area contributed by atoms with Crippen LogP contribution in [0.15, 0.2) is 6.07 Å². The minimum atomic E-state index is 0.262. The fourth-order valence-corrected chi connectivity index (χ4v) is 0.727. The van der Waals surface area contributed by atoms with Crippen molar-refractivity contribution in [3.8, 4) is 11.8 Å². The first-order valence-corrected chi connectivity index (χ1v) is 3.25. The van der Waals surface area contributed by atoms with E-state index in [-0.39, 0.29) is 5.88 Å². The lowest BCUT2D eigenvalue weighted by molar-refractivity contribution is 0.370. The van der Waals surface area contributed by atoms with Crippen LogP contribution < -0.4 is 14.9 Å². The molecule has 5 nitrogen and oxygen atoms in total. The summed E-state index contributed by atoms with van der Waals surface area (Å²) < 4.78 is 9.61. The molecule has 0 atom stereocenters. The monoisotopic (exact) mass is 167 g/mol. The van der Waals surface area contributed by atoms with Gasteiger partial charge >= 0.3 is 7.48 Å². The number of aromatic nitrogens is 2. The van der Waals surface area contributed by atoms with Crippen LogP contribution >= 0.6 is 0 Å². The van der Waals surface area contributed by atoms with E-state index in [0.29, 0.717) is 11.3 Å². The Morgan fingerprint density at radius 3 is 2.58 bits per heavy atom. The average molecular weight is 167 g/mol. The fourth-order valence-electron chi connectivity index (χ4n) is 0.727. The van der Waals surface area contributed by atoms with Gasteiger partial charge in [0.25, 0.3) is 0 Å². The molecular weight excluding hydrogens is 159 g/mol. The molecule has 0 aliphatic heterocycles. The molecule has 12 heavy (non-hydrogen) atoms. The Bertz CT molecular complexity index is 269. The second-order valence-electron chi connectivity index (χ2n) is 1.98. The van der Waals surface area contributed by atoms with Gasteiger partial charge in [0.15, 0.2) is 0 Å². The van der Waals surface area contributed by atoms with Gasteiger partial charge in [-0.05, 0) is 0 Å². The summed E-state index contributed by atoms with van der Waals surface area (Å²) in [7, 11) is 3.80. The lowest BCUT2D eigenvalue weighted by Gasteiger charge is -2.03. The highest BCUT2D eigenvalue weighted by atomic mass is 16.5. The van der Waals surface area contributed by atoms with Gasteiger partial charge in [0.1, 0.15) is 0 Å². The molecule has 0 bridgehead atoms. The zero-order chi connectivity index (χ0) is 8.97. The fraction of sp³-hybridized carbons (Fsp3) is 0.333. The Balaban J connectivity index is 3.02. The molecule has 0 aromatic carbocycles. The normalized spacial score (nSPS) is 9.25. The molecule has 0 unspecified atom stereocenters. The SMILES string of the molecule is COc1cc([B]O)c(OC)nn1. The second kappa shape index (κ2) is 3.92. The molecule has 0 saturated carbocycles. The topological polar surface area (TPSA) is 64.5 Å². The molecule has 0 fully saturated rings. The number of rotatable bonds is 3. The molecule has 0 aliphatic carbocycles. The summed E-state index contributed by atoms with van der Waals surface area (Å²) in [5.41, 5.74) is 0.435. The first kappa shape index (κ1) is 8.80. The molecule has 1 rings (SSSR count). The molecule has 1 aromatic rings. The Morgan fingerprint density at radius 1 is 1.33 bits per heavy atom. The van der Waals surface area contributed by atoms with Crippen molar-refractivity contribution >= 4 is 12.9 Å². The quantitative estimate of drug-likeness (QED) is 0.568. The van der Waals surface area contributed by atoms with Crippen molar-refractivity contribution in [2.45, 2.75) is 0 Å². The Hall–Kier alpha value is -1.30. The summed E-state index contributed by atoms with van der Waals surface area (Å²) in [6.07, 6.45) is 0. The lowest BCUT2D eigenvalue weighted by atomic mass is 9.90. The van der Waals surface area contributed by atoms with E-state index in [4.69, 9.17) is 14.5 Å². The number of nitrogens with zero attached hydrogens (tertiary/aromatic N) is 2. The van der Waals surface area contributed by atoms with Crippen molar-refractivity contribution in [2.75, 3.05) is 14.2 Å². The highest BCUT2D eigenvalue weighted by Crippen LogP contribution is 2.05. The van der Waals surface area contributed by atoms with Crippen LogP contribution in [0.5, 0.6) is 11.8 Å². The lowest BCUT2D eigenvalue weighted by Crippen LogP contribution is -2.18. The molecule has 0 spiro atoms. The van der Waals surface area contributed by atoms with E-state index < -0.39 is 0 Å². The average Bonchev–Trinajstić information content (AvgIpc) is 2.16. The van der Waals surface area contributed by atoms with Crippen LogP contribution in [-0.4, -0.2) is 36.9 Å². The van der Waals surface area contributed by atoms with E-state index in [1.54, 1.807) is 0 Å². The van der Waals surface area contributed by atoms with Crippen LogP contribution in [0.1, 0.15) is 0 Å². The largest absolute Gasteiger partial charge is 0.480 e. The molecule has 1 heterocycles. The van der Waals surface area contributed by atoms with E-state index in [9.17, 15) is 0 Å². The second-order valence-corrected chi connectivity index (χ2v) is 1.98. The Kier molecular flexibility index (Phi) is 2.87. The third-order valence-electron chi connectivity index (χ3n) is 1.31. The highest BCUT2D eigenvalue weighted by Gasteiger charge is 2.07.